The highest BCUT2D eigenvalue weighted by Crippen LogP contribution is 2.39. The molecule has 212 valence electrons. The number of benzene rings is 1. The fraction of sp³-hybridized carbons (Fsp3) is 0.621. The summed E-state index contributed by atoms with van der Waals surface area (Å²) in [4.78, 5) is 20.5. The quantitative estimate of drug-likeness (QED) is 0.602. The number of hydrogen-bond acceptors (Lipinski definition) is 7. The number of amides is 1. The number of rotatable bonds is 6. The number of ether oxygens (including phenoxy) is 1. The van der Waals surface area contributed by atoms with Crippen molar-refractivity contribution in [3.8, 4) is 0 Å². The first kappa shape index (κ1) is 28.0. The van der Waals surface area contributed by atoms with Crippen LogP contribution in [0.25, 0.3) is 0 Å². The SMILES string of the molecule is CC1CN(CC(=O)N2CC(C)(C)c3nnc(Cc4ccc(F)cc4F)cc32)C(CN2C(C)COCC2C)CN1. The molecule has 8 nitrogen and oxygen atoms in total. The van der Waals surface area contributed by atoms with Gasteiger partial charge in [-0.1, -0.05) is 19.9 Å². The lowest BCUT2D eigenvalue weighted by Gasteiger charge is -2.46. The average Bonchev–Trinajstić information content (AvgIpc) is 3.14. The number of aromatic nitrogens is 2. The second-order valence-corrected chi connectivity index (χ2v) is 12.2. The number of fused-ring (bicyclic) bond motifs is 1. The van der Waals surface area contributed by atoms with E-state index in [1.165, 1.54) is 12.1 Å². The van der Waals surface area contributed by atoms with E-state index in [1.54, 1.807) is 0 Å². The van der Waals surface area contributed by atoms with Gasteiger partial charge in [-0.15, -0.1) is 0 Å². The van der Waals surface area contributed by atoms with Crippen LogP contribution < -0.4 is 10.2 Å². The minimum atomic E-state index is -0.618. The first-order chi connectivity index (χ1) is 18.5. The minimum absolute atomic E-state index is 0.0240. The summed E-state index contributed by atoms with van der Waals surface area (Å²) in [5.41, 5.74) is 2.02. The van der Waals surface area contributed by atoms with Crippen LogP contribution in [0, 0.1) is 11.6 Å². The standard InChI is InChI=1S/C29H40F2N6O2/c1-18-12-35(24(11-32-18)13-36-19(2)15-39-16-20(36)3)14-27(38)37-17-29(4,5)28-26(37)10-23(33-34-28)8-21-6-7-22(30)9-25(21)31/h6-7,9-10,18-20,24,32H,8,11-17H2,1-5H3. The van der Waals surface area contributed by atoms with E-state index in [-0.39, 0.29) is 23.8 Å². The molecule has 0 radical (unpaired) electrons. The van der Waals surface area contributed by atoms with Crippen molar-refractivity contribution in [2.75, 3.05) is 50.8 Å². The maximum atomic E-state index is 14.3. The average molecular weight is 543 g/mol. The third kappa shape index (κ3) is 5.99. The number of nitrogens with one attached hydrogen (secondary N) is 1. The van der Waals surface area contributed by atoms with Crippen LogP contribution >= 0.6 is 0 Å². The Labute approximate surface area is 229 Å². The molecule has 4 atom stereocenters. The molecular weight excluding hydrogens is 502 g/mol. The van der Waals surface area contributed by atoms with Crippen LogP contribution in [0.3, 0.4) is 0 Å². The third-order valence-corrected chi connectivity index (χ3v) is 8.33. The van der Waals surface area contributed by atoms with Gasteiger partial charge in [0, 0.05) is 68.2 Å². The van der Waals surface area contributed by atoms with Gasteiger partial charge in [0.25, 0.3) is 0 Å². The van der Waals surface area contributed by atoms with Crippen LogP contribution in [0.5, 0.6) is 0 Å². The summed E-state index contributed by atoms with van der Waals surface area (Å²) in [5, 5.41) is 12.4. The second-order valence-electron chi connectivity index (χ2n) is 12.2. The molecule has 3 aliphatic heterocycles. The van der Waals surface area contributed by atoms with E-state index >= 15 is 0 Å². The van der Waals surface area contributed by atoms with Gasteiger partial charge in [0.1, 0.15) is 11.6 Å². The lowest BCUT2D eigenvalue weighted by Crippen LogP contribution is -2.63. The first-order valence-electron chi connectivity index (χ1n) is 13.9. The van der Waals surface area contributed by atoms with Gasteiger partial charge in [0.2, 0.25) is 5.91 Å². The van der Waals surface area contributed by atoms with Crippen molar-refractivity contribution in [3.63, 3.8) is 0 Å². The summed E-state index contributed by atoms with van der Waals surface area (Å²) in [6.45, 7) is 15.4. The molecule has 1 N–H and O–H groups in total. The van der Waals surface area contributed by atoms with E-state index in [9.17, 15) is 13.6 Å². The summed E-state index contributed by atoms with van der Waals surface area (Å²) >= 11 is 0. The van der Waals surface area contributed by atoms with E-state index in [2.05, 4.69) is 59.9 Å². The summed E-state index contributed by atoms with van der Waals surface area (Å²) in [5.74, 6) is -1.21. The van der Waals surface area contributed by atoms with Gasteiger partial charge in [-0.3, -0.25) is 14.6 Å². The zero-order valence-corrected chi connectivity index (χ0v) is 23.6. The van der Waals surface area contributed by atoms with Crippen molar-refractivity contribution in [3.05, 3.63) is 52.9 Å². The van der Waals surface area contributed by atoms with Crippen molar-refractivity contribution in [2.45, 2.75) is 70.6 Å². The highest BCUT2D eigenvalue weighted by molar-refractivity contribution is 5.97. The summed E-state index contributed by atoms with van der Waals surface area (Å²) in [6, 6.07) is 6.54. The normalized spacial score (nSPS) is 27.5. The van der Waals surface area contributed by atoms with Crippen molar-refractivity contribution in [2.24, 2.45) is 0 Å². The number of carbonyl (C=O) groups excluding carboxylic acids is 1. The first-order valence-corrected chi connectivity index (χ1v) is 13.9. The van der Waals surface area contributed by atoms with Crippen LogP contribution in [-0.4, -0.2) is 96.0 Å². The lowest BCUT2D eigenvalue weighted by molar-refractivity contribution is -0.121. The van der Waals surface area contributed by atoms with Crippen molar-refractivity contribution in [1.82, 2.24) is 25.3 Å². The maximum absolute atomic E-state index is 14.3. The van der Waals surface area contributed by atoms with E-state index < -0.39 is 11.6 Å². The van der Waals surface area contributed by atoms with Crippen LogP contribution in [0.4, 0.5) is 14.5 Å². The van der Waals surface area contributed by atoms with Gasteiger partial charge in [0.05, 0.1) is 36.8 Å². The Kier molecular flexibility index (Phi) is 8.01. The molecule has 2 fully saturated rings. The maximum Gasteiger partial charge on any atom is 0.241 e. The van der Waals surface area contributed by atoms with Gasteiger partial charge < -0.3 is 15.0 Å². The molecule has 1 aromatic heterocycles. The Morgan fingerprint density at radius 1 is 1.13 bits per heavy atom. The number of morpholine rings is 1. The number of nitrogens with zero attached hydrogens (tertiary/aromatic N) is 5. The summed E-state index contributed by atoms with van der Waals surface area (Å²) in [7, 11) is 0. The highest BCUT2D eigenvalue weighted by atomic mass is 19.1. The number of carbonyl (C=O) groups is 1. The Balaban J connectivity index is 1.34. The van der Waals surface area contributed by atoms with E-state index in [0.717, 1.165) is 50.3 Å². The molecule has 0 saturated carbocycles. The monoisotopic (exact) mass is 542 g/mol. The Morgan fingerprint density at radius 2 is 1.87 bits per heavy atom. The Morgan fingerprint density at radius 3 is 2.59 bits per heavy atom. The summed E-state index contributed by atoms with van der Waals surface area (Å²) < 4.78 is 33.4. The molecule has 39 heavy (non-hydrogen) atoms. The van der Waals surface area contributed by atoms with E-state index in [0.29, 0.717) is 42.5 Å². The molecule has 2 saturated heterocycles. The molecule has 0 aliphatic carbocycles. The molecule has 2 aromatic rings. The van der Waals surface area contributed by atoms with Gasteiger partial charge in [0.15, 0.2) is 0 Å². The number of halogens is 2. The third-order valence-electron chi connectivity index (χ3n) is 8.33. The topological polar surface area (TPSA) is 73.8 Å². The van der Waals surface area contributed by atoms with Crippen LogP contribution in [0.15, 0.2) is 24.3 Å². The molecule has 10 heteroatoms. The molecule has 1 aromatic carbocycles. The number of anilines is 1. The van der Waals surface area contributed by atoms with Gasteiger partial charge in [-0.05, 0) is 38.5 Å². The lowest BCUT2D eigenvalue weighted by atomic mass is 9.91. The zero-order chi connectivity index (χ0) is 27.9. The van der Waals surface area contributed by atoms with Crippen molar-refractivity contribution >= 4 is 11.6 Å². The summed E-state index contributed by atoms with van der Waals surface area (Å²) in [6.07, 6.45) is 0.169. The van der Waals surface area contributed by atoms with Gasteiger partial charge >= 0.3 is 0 Å². The molecule has 5 rings (SSSR count). The Bertz CT molecular complexity index is 1200. The molecule has 0 spiro atoms. The minimum Gasteiger partial charge on any atom is -0.378 e. The molecule has 4 heterocycles. The van der Waals surface area contributed by atoms with Crippen molar-refractivity contribution in [1.29, 1.82) is 0 Å². The second kappa shape index (κ2) is 11.2. The van der Waals surface area contributed by atoms with Crippen LogP contribution in [0.1, 0.15) is 51.6 Å². The predicted molar refractivity (Wildman–Crippen MR) is 146 cm³/mol. The molecule has 0 bridgehead atoms. The number of piperazine rings is 1. The van der Waals surface area contributed by atoms with Gasteiger partial charge in [-0.25, -0.2) is 8.78 Å². The molecule has 4 unspecified atom stereocenters. The van der Waals surface area contributed by atoms with E-state index in [1.807, 2.05) is 11.0 Å². The van der Waals surface area contributed by atoms with Crippen LogP contribution in [-0.2, 0) is 21.4 Å². The molecule has 1 amide bonds. The fourth-order valence-electron chi connectivity index (χ4n) is 6.14. The predicted octanol–water partition coefficient (Wildman–Crippen LogP) is 2.74. The van der Waals surface area contributed by atoms with Crippen LogP contribution in [0.2, 0.25) is 0 Å². The molecular formula is C29H40F2N6O2. The highest BCUT2D eigenvalue weighted by Gasteiger charge is 2.41. The number of hydrogen-bond donors (Lipinski definition) is 1. The Hall–Kier alpha value is -2.53. The fourth-order valence-corrected chi connectivity index (χ4v) is 6.14. The largest absolute Gasteiger partial charge is 0.378 e. The van der Waals surface area contributed by atoms with E-state index in [4.69, 9.17) is 4.74 Å². The zero-order valence-electron chi connectivity index (χ0n) is 23.6. The molecule has 3 aliphatic rings. The van der Waals surface area contributed by atoms with Gasteiger partial charge in [-0.2, -0.15) is 10.2 Å². The van der Waals surface area contributed by atoms with Crippen molar-refractivity contribution < 1.29 is 18.3 Å². The smallest absolute Gasteiger partial charge is 0.241 e.